The second kappa shape index (κ2) is 21.6. The van der Waals surface area contributed by atoms with Crippen LogP contribution in [0.25, 0.3) is 0 Å². The molecule has 0 spiro atoms. The number of benzene rings is 15. The van der Waals surface area contributed by atoms with Gasteiger partial charge in [-0.15, -0.1) is 0 Å². The maximum atomic E-state index is 7.60. The van der Waals surface area contributed by atoms with Gasteiger partial charge in [-0.2, -0.15) is 0 Å². The molecule has 0 aliphatic carbocycles. The van der Waals surface area contributed by atoms with E-state index in [2.05, 4.69) is 358 Å². The van der Waals surface area contributed by atoms with Gasteiger partial charge in [0, 0.05) is 121 Å². The number of fused-ring (bicyclic) bond motifs is 18. The maximum absolute atomic E-state index is 7.60. The Bertz CT molecular complexity index is 5650. The number of rotatable bonds is 8. The summed E-state index contributed by atoms with van der Waals surface area (Å²) in [4.78, 5) is 12.3. The van der Waals surface area contributed by atoms with E-state index in [9.17, 15) is 0 Å². The summed E-state index contributed by atoms with van der Waals surface area (Å²) in [5.74, 6) is 6.34. The van der Waals surface area contributed by atoms with Gasteiger partial charge in [-0.25, -0.2) is 0 Å². The fraction of sp³-hybridized carbons (Fsp3) is 0. The minimum Gasteiger partial charge on any atom is -0.458 e. The number of hydrogen-bond acceptors (Lipinski definition) is 9. The average Bonchev–Trinajstić information content (AvgIpc) is 0.667. The summed E-state index contributed by atoms with van der Waals surface area (Å²) in [6, 6.07) is 121. The minimum absolute atomic E-state index is 0.209. The first-order valence-electron chi connectivity index (χ1n) is 35.4. The van der Waals surface area contributed by atoms with Crippen molar-refractivity contribution in [2.45, 2.75) is 0 Å². The highest BCUT2D eigenvalue weighted by molar-refractivity contribution is 7.06. The van der Waals surface area contributed by atoms with Crippen molar-refractivity contribution in [1.82, 2.24) is 0 Å². The molecule has 15 aromatic rings. The van der Waals surface area contributed by atoms with Crippen LogP contribution in [0.5, 0.6) is 46.0 Å². The lowest BCUT2D eigenvalue weighted by atomic mass is 9.27. The molecule has 8 aliphatic rings. The van der Waals surface area contributed by atoms with Crippen LogP contribution in [0, 0.1) is 0 Å². The molecular weight excluding hydrogens is 1260 g/mol. The molecule has 0 radical (unpaired) electrons. The molecule has 23 rings (SSSR count). The van der Waals surface area contributed by atoms with Gasteiger partial charge in [-0.05, 0) is 158 Å². The van der Waals surface area contributed by atoms with Gasteiger partial charge in [0.05, 0.1) is 11.4 Å². The zero-order valence-electron chi connectivity index (χ0n) is 55.4. The molecule has 8 heterocycles. The van der Waals surface area contributed by atoms with Gasteiger partial charge in [0.25, 0.3) is 26.9 Å². The number of ether oxygens (including phenoxy) is 4. The Kier molecular flexibility index (Phi) is 11.9. The number of anilines is 15. The normalized spacial score (nSPS) is 13.8. The van der Waals surface area contributed by atoms with Crippen LogP contribution in [0.2, 0.25) is 0 Å². The molecule has 0 N–H and O–H groups in total. The van der Waals surface area contributed by atoms with Crippen LogP contribution in [0.1, 0.15) is 0 Å². The van der Waals surface area contributed by atoms with Gasteiger partial charge < -0.3 is 43.4 Å². The van der Waals surface area contributed by atoms with Crippen molar-refractivity contribution in [3.05, 3.63) is 334 Å². The summed E-state index contributed by atoms with van der Waals surface area (Å²) < 4.78 is 29.4. The third kappa shape index (κ3) is 8.12. The topological polar surface area (TPSA) is 53.1 Å². The molecule has 0 atom stereocenters. The predicted molar refractivity (Wildman–Crippen MR) is 425 cm³/mol. The van der Waals surface area contributed by atoms with Crippen molar-refractivity contribution in [2.24, 2.45) is 0 Å². The monoisotopic (exact) mass is 1310 g/mol. The Morgan fingerprint density at radius 3 is 0.883 bits per heavy atom. The highest BCUT2D eigenvalue weighted by Gasteiger charge is 2.54. The van der Waals surface area contributed by atoms with Gasteiger partial charge in [0.15, 0.2) is 0 Å². The van der Waals surface area contributed by atoms with Crippen LogP contribution < -0.4 is 109 Å². The summed E-state index contributed by atoms with van der Waals surface area (Å²) in [5, 5.41) is 0. The Hall–Kier alpha value is -13.2. The van der Waals surface area contributed by atoms with E-state index in [0.717, 1.165) is 158 Å². The summed E-state index contributed by atoms with van der Waals surface area (Å²) in [7, 11) is 0. The molecule has 8 aliphatic heterocycles. The van der Waals surface area contributed by atoms with E-state index in [-0.39, 0.29) is 26.9 Å². The van der Waals surface area contributed by atoms with Crippen molar-refractivity contribution in [1.29, 1.82) is 0 Å². The van der Waals surface area contributed by atoms with Crippen LogP contribution in [-0.4, -0.2) is 26.9 Å². The highest BCUT2D eigenvalue weighted by Crippen LogP contribution is 2.53. The molecule has 0 unspecified atom stereocenters. The summed E-state index contributed by atoms with van der Waals surface area (Å²) in [6.07, 6.45) is 0. The Morgan fingerprint density at radius 2 is 0.505 bits per heavy atom. The van der Waals surface area contributed by atoms with Crippen LogP contribution >= 0.6 is 0 Å². The molecule has 15 aromatic carbocycles. The highest BCUT2D eigenvalue weighted by atomic mass is 16.5. The average molecular weight is 1310 g/mol. The standard InChI is InChI=1S/C90H55B4N5O4/c1-7-27-56(28-8-1)95(57-29-9-2-10-30-57)62-47-82-88-84(49-62)102-80-54-74-68(51-70(80)93(88)66-41-21-25-45-78(66)100-82)91-64-39-19-23-43-72(64)99-73-44-24-20-40-65(73)92-69-52-71-81(55-75(69)98(61-37-17-6-18-38-61)77-53-76(86(91)90(99)87(77)92)97(74)60-35-15-5-16-36-60)103-85-50-63(48-83-89(85)94(71)67-42-22-26-46-79(67)101-83)96(58-31-11-3-12-32-58)59-33-13-4-14-34-59/h1-55H. The summed E-state index contributed by atoms with van der Waals surface area (Å²) in [5.41, 5.74) is 29.7. The molecule has 103 heavy (non-hydrogen) atoms. The molecule has 0 aromatic heterocycles. The molecule has 476 valence electrons. The molecule has 9 nitrogen and oxygen atoms in total. The Morgan fingerprint density at radius 1 is 0.194 bits per heavy atom. The van der Waals surface area contributed by atoms with Gasteiger partial charge in [0.1, 0.15) is 46.0 Å². The van der Waals surface area contributed by atoms with E-state index in [4.69, 9.17) is 18.9 Å². The van der Waals surface area contributed by atoms with Crippen LogP contribution in [0.4, 0.5) is 85.3 Å². The van der Waals surface area contributed by atoms with E-state index in [1.165, 1.54) is 38.5 Å². The minimum atomic E-state index is -0.211. The second-order valence-electron chi connectivity index (χ2n) is 27.7. The van der Waals surface area contributed by atoms with Crippen LogP contribution in [-0.2, 0) is 0 Å². The summed E-state index contributed by atoms with van der Waals surface area (Å²) in [6.45, 7) is -0.840. The van der Waals surface area contributed by atoms with Gasteiger partial charge >= 0.3 is 0 Å². The summed E-state index contributed by atoms with van der Waals surface area (Å²) >= 11 is 0. The predicted octanol–water partition coefficient (Wildman–Crippen LogP) is 14.8. The Labute approximate surface area is 597 Å². The zero-order chi connectivity index (χ0) is 67.1. The van der Waals surface area contributed by atoms with Crippen molar-refractivity contribution in [3.63, 3.8) is 0 Å². The lowest BCUT2D eigenvalue weighted by Gasteiger charge is -2.51. The van der Waals surface area contributed by atoms with E-state index >= 15 is 0 Å². The van der Waals surface area contributed by atoms with Gasteiger partial charge in [-0.3, -0.25) is 0 Å². The molecular formula is C90H55B4N5O4. The molecule has 0 saturated carbocycles. The lowest BCUT2D eigenvalue weighted by Crippen LogP contribution is -2.69. The smallest absolute Gasteiger partial charge is 0.260 e. The SMILES string of the molecule is c1ccc(N(c2ccccc2)c2cc3c4c(c2)Oc2cc5c(cc2B4c2ccccc2O3)B2c3ccccc3N3c4ccccc4B4c6cc7c(cc6N(c6ccccc6)c6cc(c2c3c64)N5c2ccccc2)Oc2cc(N(c3ccccc3)c3ccccc3)cc3c2B7c2ccccc2O3)cc1. The van der Waals surface area contributed by atoms with Crippen LogP contribution in [0.3, 0.4) is 0 Å². The quantitative estimate of drug-likeness (QED) is 0.139. The van der Waals surface area contributed by atoms with Crippen molar-refractivity contribution < 1.29 is 18.9 Å². The third-order valence-corrected chi connectivity index (χ3v) is 22.3. The van der Waals surface area contributed by atoms with Gasteiger partial charge in [-0.1, -0.05) is 194 Å². The second-order valence-corrected chi connectivity index (χ2v) is 27.7. The maximum Gasteiger partial charge on any atom is 0.260 e. The first kappa shape index (κ1) is 56.6. The number of para-hydroxylation sites is 10. The van der Waals surface area contributed by atoms with Crippen molar-refractivity contribution in [3.8, 4) is 46.0 Å². The van der Waals surface area contributed by atoms with E-state index in [1.807, 2.05) is 0 Å². The van der Waals surface area contributed by atoms with Crippen molar-refractivity contribution in [2.75, 3.05) is 24.5 Å². The van der Waals surface area contributed by atoms with E-state index < -0.39 is 0 Å². The Balaban J connectivity index is 0.767. The van der Waals surface area contributed by atoms with E-state index in [0.29, 0.717) is 0 Å². The van der Waals surface area contributed by atoms with E-state index in [1.54, 1.807) is 0 Å². The fourth-order valence-electron chi connectivity index (χ4n) is 18.3. The molecule has 0 bridgehead atoms. The largest absolute Gasteiger partial charge is 0.458 e. The zero-order valence-corrected chi connectivity index (χ0v) is 55.4. The first-order valence-corrected chi connectivity index (χ1v) is 35.4. The molecule has 0 fully saturated rings. The third-order valence-electron chi connectivity index (χ3n) is 22.3. The molecule has 0 amide bonds. The fourth-order valence-corrected chi connectivity index (χ4v) is 18.3. The molecule has 13 heteroatoms. The number of hydrogen-bond donors (Lipinski definition) is 0. The first-order chi connectivity index (χ1) is 51.1. The van der Waals surface area contributed by atoms with Crippen LogP contribution in [0.15, 0.2) is 334 Å². The lowest BCUT2D eigenvalue weighted by molar-refractivity contribution is 0.464. The molecule has 0 saturated heterocycles. The van der Waals surface area contributed by atoms with Gasteiger partial charge in [0.2, 0.25) is 0 Å². The van der Waals surface area contributed by atoms with Crippen molar-refractivity contribution >= 4 is 178 Å². The number of nitrogens with zero attached hydrogens (tertiary/aromatic N) is 5.